The highest BCUT2D eigenvalue weighted by molar-refractivity contribution is 7.07. The van der Waals surface area contributed by atoms with Gasteiger partial charge in [0.1, 0.15) is 0 Å². The van der Waals surface area contributed by atoms with E-state index in [9.17, 15) is 0 Å². The molecule has 0 radical (unpaired) electrons. The molecule has 0 bridgehead atoms. The Hall–Kier alpha value is -1.89. The predicted octanol–water partition coefficient (Wildman–Crippen LogP) is 3.16. The van der Waals surface area contributed by atoms with Crippen LogP contribution in [0.15, 0.2) is 16.8 Å². The second kappa shape index (κ2) is 8.41. The number of hydrogen-bond donors (Lipinski definition) is 2. The van der Waals surface area contributed by atoms with Gasteiger partial charge in [0.05, 0.1) is 6.61 Å². The molecule has 0 unspecified atom stereocenters. The van der Waals surface area contributed by atoms with Crippen molar-refractivity contribution in [3.63, 3.8) is 0 Å². The summed E-state index contributed by atoms with van der Waals surface area (Å²) < 4.78 is 5.51. The third kappa shape index (κ3) is 5.18. The van der Waals surface area contributed by atoms with Gasteiger partial charge in [-0.3, -0.25) is 0 Å². The summed E-state index contributed by atoms with van der Waals surface area (Å²) in [6.07, 6.45) is 1.93. The molecule has 2 aromatic heterocycles. The molecule has 2 rings (SSSR count). The van der Waals surface area contributed by atoms with Gasteiger partial charge >= 0.3 is 6.01 Å². The molecule has 7 heteroatoms. The van der Waals surface area contributed by atoms with Crippen molar-refractivity contribution in [2.45, 2.75) is 33.2 Å². The van der Waals surface area contributed by atoms with E-state index >= 15 is 0 Å². The van der Waals surface area contributed by atoms with Crippen molar-refractivity contribution in [2.75, 3.05) is 23.8 Å². The molecule has 0 aromatic carbocycles. The van der Waals surface area contributed by atoms with Crippen LogP contribution in [-0.4, -0.2) is 28.1 Å². The van der Waals surface area contributed by atoms with Gasteiger partial charge in [-0.25, -0.2) is 0 Å². The third-order valence-corrected chi connectivity index (χ3v) is 3.35. The van der Waals surface area contributed by atoms with Gasteiger partial charge in [-0.1, -0.05) is 13.8 Å². The van der Waals surface area contributed by atoms with Crippen LogP contribution in [0.2, 0.25) is 0 Å². The molecule has 2 aromatic rings. The van der Waals surface area contributed by atoms with Crippen LogP contribution in [0.4, 0.5) is 11.9 Å². The first-order valence-electron chi connectivity index (χ1n) is 7.19. The summed E-state index contributed by atoms with van der Waals surface area (Å²) in [5.41, 5.74) is 1.21. The lowest BCUT2D eigenvalue weighted by Crippen LogP contribution is -2.11. The maximum Gasteiger partial charge on any atom is 0.323 e. The van der Waals surface area contributed by atoms with Crippen molar-refractivity contribution >= 4 is 23.2 Å². The van der Waals surface area contributed by atoms with Gasteiger partial charge in [0.2, 0.25) is 11.9 Å². The molecule has 114 valence electrons. The average molecular weight is 307 g/mol. The molecule has 0 saturated heterocycles. The number of rotatable bonds is 9. The standard InChI is InChI=1S/C14H21N5OS/c1-3-6-15-12-17-13(16-9-11-5-8-21-10-11)19-14(18-12)20-7-4-2/h5,8,10H,3-4,6-7,9H2,1-2H3,(H2,15,16,17,18,19). The summed E-state index contributed by atoms with van der Waals surface area (Å²) in [7, 11) is 0. The molecule has 0 atom stereocenters. The van der Waals surface area contributed by atoms with E-state index in [-0.39, 0.29) is 0 Å². The second-order valence-corrected chi connectivity index (χ2v) is 5.31. The van der Waals surface area contributed by atoms with Crippen LogP contribution in [0, 0.1) is 0 Å². The van der Waals surface area contributed by atoms with E-state index in [0.717, 1.165) is 19.4 Å². The van der Waals surface area contributed by atoms with Crippen molar-refractivity contribution in [3.8, 4) is 6.01 Å². The van der Waals surface area contributed by atoms with Gasteiger partial charge in [0.25, 0.3) is 0 Å². The van der Waals surface area contributed by atoms with E-state index < -0.39 is 0 Å². The van der Waals surface area contributed by atoms with Crippen molar-refractivity contribution in [1.29, 1.82) is 0 Å². The molecular formula is C14H21N5OS. The summed E-state index contributed by atoms with van der Waals surface area (Å²) in [6, 6.07) is 2.43. The van der Waals surface area contributed by atoms with Gasteiger partial charge in [0, 0.05) is 13.1 Å². The van der Waals surface area contributed by atoms with Gasteiger partial charge in [0.15, 0.2) is 0 Å². The first kappa shape index (κ1) is 15.5. The summed E-state index contributed by atoms with van der Waals surface area (Å²) in [5.74, 6) is 1.08. The Morgan fingerprint density at radius 2 is 1.90 bits per heavy atom. The molecule has 21 heavy (non-hydrogen) atoms. The van der Waals surface area contributed by atoms with Crippen molar-refractivity contribution in [3.05, 3.63) is 22.4 Å². The molecule has 0 spiro atoms. The lowest BCUT2D eigenvalue weighted by atomic mass is 10.3. The number of hydrogen-bond acceptors (Lipinski definition) is 7. The van der Waals surface area contributed by atoms with E-state index in [1.54, 1.807) is 11.3 Å². The Kier molecular flexibility index (Phi) is 6.21. The van der Waals surface area contributed by atoms with E-state index in [0.29, 0.717) is 31.1 Å². The maximum absolute atomic E-state index is 5.51. The van der Waals surface area contributed by atoms with Gasteiger partial charge in [-0.2, -0.15) is 26.3 Å². The van der Waals surface area contributed by atoms with Crippen LogP contribution >= 0.6 is 11.3 Å². The SMILES string of the molecule is CCCNc1nc(NCc2ccsc2)nc(OCCC)n1. The van der Waals surface area contributed by atoms with Crippen LogP contribution in [0.3, 0.4) is 0 Å². The van der Waals surface area contributed by atoms with E-state index in [4.69, 9.17) is 4.74 Å². The Labute approximate surface area is 129 Å². The molecule has 2 heterocycles. The number of aromatic nitrogens is 3. The smallest absolute Gasteiger partial charge is 0.323 e. The Balaban J connectivity index is 2.05. The van der Waals surface area contributed by atoms with Gasteiger partial charge in [-0.15, -0.1) is 0 Å². The summed E-state index contributed by atoms with van der Waals surface area (Å²) in [4.78, 5) is 12.9. The zero-order valence-electron chi connectivity index (χ0n) is 12.4. The minimum absolute atomic E-state index is 0.360. The average Bonchev–Trinajstić information content (AvgIpc) is 3.02. The van der Waals surface area contributed by atoms with Gasteiger partial charge < -0.3 is 15.4 Å². The molecule has 0 aliphatic carbocycles. The molecule has 0 aliphatic heterocycles. The lowest BCUT2D eigenvalue weighted by molar-refractivity contribution is 0.292. The van der Waals surface area contributed by atoms with Crippen molar-refractivity contribution in [2.24, 2.45) is 0 Å². The number of thiophene rings is 1. The number of nitrogens with one attached hydrogen (secondary N) is 2. The monoisotopic (exact) mass is 307 g/mol. The number of ether oxygens (including phenoxy) is 1. The van der Waals surface area contributed by atoms with Crippen LogP contribution < -0.4 is 15.4 Å². The van der Waals surface area contributed by atoms with E-state index in [1.165, 1.54) is 5.56 Å². The molecule has 6 nitrogen and oxygen atoms in total. The first-order valence-corrected chi connectivity index (χ1v) is 8.13. The van der Waals surface area contributed by atoms with Crippen molar-refractivity contribution < 1.29 is 4.74 Å². The normalized spacial score (nSPS) is 10.4. The van der Waals surface area contributed by atoms with Crippen LogP contribution in [0.25, 0.3) is 0 Å². The summed E-state index contributed by atoms with van der Waals surface area (Å²) in [5, 5.41) is 10.5. The summed E-state index contributed by atoms with van der Waals surface area (Å²) >= 11 is 1.67. The fraction of sp³-hybridized carbons (Fsp3) is 0.500. The highest BCUT2D eigenvalue weighted by Gasteiger charge is 2.07. The maximum atomic E-state index is 5.51. The van der Waals surface area contributed by atoms with Crippen LogP contribution in [0.1, 0.15) is 32.3 Å². The fourth-order valence-electron chi connectivity index (χ4n) is 1.58. The molecule has 0 aliphatic rings. The zero-order valence-corrected chi connectivity index (χ0v) is 13.2. The Morgan fingerprint density at radius 1 is 1.10 bits per heavy atom. The molecule has 0 amide bonds. The highest BCUT2D eigenvalue weighted by atomic mass is 32.1. The third-order valence-electron chi connectivity index (χ3n) is 2.61. The second-order valence-electron chi connectivity index (χ2n) is 4.53. The topological polar surface area (TPSA) is 72.0 Å². The van der Waals surface area contributed by atoms with Gasteiger partial charge in [-0.05, 0) is 35.2 Å². The Morgan fingerprint density at radius 3 is 2.57 bits per heavy atom. The quantitative estimate of drug-likeness (QED) is 0.741. The fourth-order valence-corrected chi connectivity index (χ4v) is 2.25. The van der Waals surface area contributed by atoms with E-state index in [2.05, 4.69) is 49.3 Å². The largest absolute Gasteiger partial charge is 0.463 e. The molecule has 0 fully saturated rings. The Bertz CT molecular complexity index is 506. The number of anilines is 2. The molecule has 0 saturated carbocycles. The lowest BCUT2D eigenvalue weighted by Gasteiger charge is -2.09. The van der Waals surface area contributed by atoms with Crippen molar-refractivity contribution in [1.82, 2.24) is 15.0 Å². The minimum atomic E-state index is 0.360. The molecular weight excluding hydrogens is 286 g/mol. The van der Waals surface area contributed by atoms with Crippen LogP contribution in [0.5, 0.6) is 6.01 Å². The van der Waals surface area contributed by atoms with Crippen LogP contribution in [-0.2, 0) is 6.54 Å². The highest BCUT2D eigenvalue weighted by Crippen LogP contribution is 2.13. The molecule has 2 N–H and O–H groups in total. The zero-order chi connectivity index (χ0) is 14.9. The minimum Gasteiger partial charge on any atom is -0.463 e. The predicted molar refractivity (Wildman–Crippen MR) is 86.0 cm³/mol. The summed E-state index contributed by atoms with van der Waals surface area (Å²) in [6.45, 7) is 6.25. The first-order chi connectivity index (χ1) is 10.3. The number of nitrogens with zero attached hydrogens (tertiary/aromatic N) is 3. The van der Waals surface area contributed by atoms with E-state index in [1.807, 2.05) is 6.92 Å².